The van der Waals surface area contributed by atoms with Gasteiger partial charge in [-0.25, -0.2) is 4.79 Å². The van der Waals surface area contributed by atoms with Crippen LogP contribution in [-0.4, -0.2) is 17.7 Å². The second kappa shape index (κ2) is 7.70. The molecule has 1 N–H and O–H groups in total. The molecule has 0 fully saturated rings. The summed E-state index contributed by atoms with van der Waals surface area (Å²) < 4.78 is 5.65. The molecule has 112 valence electrons. The van der Waals surface area contributed by atoms with Crippen molar-refractivity contribution >= 4 is 23.6 Å². The number of hydrogen-bond donors (Lipinski definition) is 1. The van der Waals surface area contributed by atoms with Crippen LogP contribution in [0.3, 0.4) is 0 Å². The number of nitrogens with zero attached hydrogens (tertiary/aromatic N) is 1. The Hall–Kier alpha value is -1.99. The number of carboxylic acids is 1. The van der Waals surface area contributed by atoms with Crippen LogP contribution < -0.4 is 4.74 Å². The van der Waals surface area contributed by atoms with Gasteiger partial charge in [0.1, 0.15) is 5.75 Å². The van der Waals surface area contributed by atoms with E-state index in [1.807, 2.05) is 13.8 Å². The van der Waals surface area contributed by atoms with Crippen molar-refractivity contribution in [2.45, 2.75) is 26.7 Å². The van der Waals surface area contributed by atoms with Crippen LogP contribution in [0, 0.1) is 16.7 Å². The highest BCUT2D eigenvalue weighted by Gasteiger charge is 2.16. The van der Waals surface area contributed by atoms with Crippen molar-refractivity contribution in [1.82, 2.24) is 0 Å². The predicted molar refractivity (Wildman–Crippen MR) is 82.2 cm³/mol. The highest BCUT2D eigenvalue weighted by Crippen LogP contribution is 2.28. The van der Waals surface area contributed by atoms with E-state index in [0.717, 1.165) is 18.9 Å². The Labute approximate surface area is 129 Å². The van der Waals surface area contributed by atoms with E-state index >= 15 is 0 Å². The van der Waals surface area contributed by atoms with Crippen LogP contribution in [0.5, 0.6) is 5.75 Å². The number of nitriles is 1. The van der Waals surface area contributed by atoms with Crippen molar-refractivity contribution in [1.29, 1.82) is 5.26 Å². The molecule has 0 saturated heterocycles. The Morgan fingerprint density at radius 1 is 1.52 bits per heavy atom. The Kier molecular flexibility index (Phi) is 6.26. The first-order valence-electron chi connectivity index (χ1n) is 6.59. The molecule has 1 rings (SSSR count). The quantitative estimate of drug-likeness (QED) is 0.607. The van der Waals surface area contributed by atoms with Gasteiger partial charge in [0.2, 0.25) is 0 Å². The van der Waals surface area contributed by atoms with E-state index in [1.165, 1.54) is 6.08 Å². The van der Waals surface area contributed by atoms with Crippen molar-refractivity contribution in [3.05, 3.63) is 34.9 Å². The smallest absolute Gasteiger partial charge is 0.328 e. The Balaban J connectivity index is 2.69. The van der Waals surface area contributed by atoms with Crippen molar-refractivity contribution < 1.29 is 14.6 Å². The lowest BCUT2D eigenvalue weighted by molar-refractivity contribution is -0.131. The lowest BCUT2D eigenvalue weighted by atomic mass is 9.90. The monoisotopic (exact) mass is 307 g/mol. The maximum Gasteiger partial charge on any atom is 0.328 e. The normalized spacial score (nSPS) is 11.3. The third-order valence-electron chi connectivity index (χ3n) is 2.91. The van der Waals surface area contributed by atoms with E-state index in [2.05, 4.69) is 6.07 Å². The number of ether oxygens (including phenoxy) is 1. The van der Waals surface area contributed by atoms with Gasteiger partial charge < -0.3 is 9.84 Å². The van der Waals surface area contributed by atoms with E-state index < -0.39 is 5.97 Å². The van der Waals surface area contributed by atoms with Gasteiger partial charge in [0.15, 0.2) is 0 Å². The molecule has 0 aliphatic carbocycles. The molecule has 0 radical (unpaired) electrons. The summed E-state index contributed by atoms with van der Waals surface area (Å²) in [6, 6.07) is 7.40. The Bertz CT molecular complexity index is 573. The highest BCUT2D eigenvalue weighted by atomic mass is 35.5. The van der Waals surface area contributed by atoms with Gasteiger partial charge in [-0.05, 0) is 44.9 Å². The second-order valence-corrected chi connectivity index (χ2v) is 5.68. The van der Waals surface area contributed by atoms with E-state index in [0.29, 0.717) is 22.9 Å². The minimum absolute atomic E-state index is 0.371. The average Bonchev–Trinajstić information content (AvgIpc) is 2.42. The van der Waals surface area contributed by atoms with Gasteiger partial charge in [0.25, 0.3) is 0 Å². The number of halogens is 1. The predicted octanol–water partition coefficient (Wildman–Crippen LogP) is 4.15. The van der Waals surface area contributed by atoms with Crippen molar-refractivity contribution in [3.63, 3.8) is 0 Å². The fraction of sp³-hybridized carbons (Fsp3) is 0.375. The van der Waals surface area contributed by atoms with Gasteiger partial charge in [-0.2, -0.15) is 5.26 Å². The number of carbonyl (C=O) groups is 1. The van der Waals surface area contributed by atoms with Gasteiger partial charge in [-0.3, -0.25) is 0 Å². The van der Waals surface area contributed by atoms with E-state index in [1.54, 1.807) is 18.2 Å². The van der Waals surface area contributed by atoms with E-state index in [4.69, 9.17) is 26.7 Å². The number of rotatable bonds is 7. The standard InChI is InChI=1S/C16H18ClNO3/c1-16(2,11-18)9-4-10-21-14-6-3-5-13(17)12(14)7-8-15(19)20/h3,5-8H,4,9-10H2,1-2H3,(H,19,20)/b8-7+. The molecule has 0 aliphatic rings. The fourth-order valence-corrected chi connectivity index (χ4v) is 1.94. The van der Waals surface area contributed by atoms with Crippen LogP contribution in [0.25, 0.3) is 6.08 Å². The van der Waals surface area contributed by atoms with Crippen molar-refractivity contribution in [2.75, 3.05) is 6.61 Å². The molecule has 21 heavy (non-hydrogen) atoms. The zero-order chi connectivity index (χ0) is 15.9. The molecule has 0 saturated carbocycles. The number of aliphatic carboxylic acids is 1. The molecule has 1 aromatic carbocycles. The van der Waals surface area contributed by atoms with Gasteiger partial charge in [0, 0.05) is 11.6 Å². The first-order chi connectivity index (χ1) is 9.85. The minimum Gasteiger partial charge on any atom is -0.493 e. The zero-order valence-corrected chi connectivity index (χ0v) is 12.9. The molecule has 0 spiro atoms. The molecule has 4 nitrogen and oxygen atoms in total. The molecular formula is C16H18ClNO3. The Morgan fingerprint density at radius 2 is 2.24 bits per heavy atom. The summed E-state index contributed by atoms with van der Waals surface area (Å²) in [7, 11) is 0. The molecule has 1 aromatic rings. The molecule has 0 amide bonds. The SMILES string of the molecule is CC(C)(C#N)CCCOc1cccc(Cl)c1/C=C/C(=O)O. The average molecular weight is 308 g/mol. The van der Waals surface area contributed by atoms with Crippen molar-refractivity contribution in [3.8, 4) is 11.8 Å². The topological polar surface area (TPSA) is 70.3 Å². The molecule has 5 heteroatoms. The fourth-order valence-electron chi connectivity index (χ4n) is 1.71. The van der Waals surface area contributed by atoms with Crippen LogP contribution >= 0.6 is 11.6 Å². The highest BCUT2D eigenvalue weighted by molar-refractivity contribution is 6.32. The molecule has 0 bridgehead atoms. The minimum atomic E-state index is -1.04. The van der Waals surface area contributed by atoms with Crippen LogP contribution in [0.4, 0.5) is 0 Å². The summed E-state index contributed by atoms with van der Waals surface area (Å²) >= 11 is 6.05. The molecule has 0 aromatic heterocycles. The van der Waals surface area contributed by atoms with Gasteiger partial charge in [0.05, 0.1) is 23.1 Å². The summed E-state index contributed by atoms with van der Waals surface area (Å²) in [5.74, 6) is -0.508. The lowest BCUT2D eigenvalue weighted by Crippen LogP contribution is -2.10. The third kappa shape index (κ3) is 5.88. The van der Waals surface area contributed by atoms with E-state index in [9.17, 15) is 4.79 Å². The van der Waals surface area contributed by atoms with E-state index in [-0.39, 0.29) is 5.41 Å². The maximum atomic E-state index is 10.6. The number of carboxylic acid groups (broad SMARTS) is 1. The zero-order valence-electron chi connectivity index (χ0n) is 12.1. The largest absolute Gasteiger partial charge is 0.493 e. The first-order valence-corrected chi connectivity index (χ1v) is 6.97. The summed E-state index contributed by atoms with van der Waals surface area (Å²) in [4.78, 5) is 10.6. The molecular weight excluding hydrogens is 290 g/mol. The first kappa shape index (κ1) is 17.1. The second-order valence-electron chi connectivity index (χ2n) is 5.27. The van der Waals surface area contributed by atoms with Crippen LogP contribution in [0.2, 0.25) is 5.02 Å². The van der Waals surface area contributed by atoms with Crippen molar-refractivity contribution in [2.24, 2.45) is 5.41 Å². The molecule has 0 atom stereocenters. The maximum absolute atomic E-state index is 10.6. The number of hydrogen-bond acceptors (Lipinski definition) is 3. The van der Waals surface area contributed by atoms with Crippen LogP contribution in [0.1, 0.15) is 32.3 Å². The third-order valence-corrected chi connectivity index (χ3v) is 3.24. The number of benzene rings is 1. The van der Waals surface area contributed by atoms with Gasteiger partial charge in [-0.1, -0.05) is 17.7 Å². The summed E-state index contributed by atoms with van der Waals surface area (Å²) in [5, 5.41) is 18.1. The molecule has 0 unspecified atom stereocenters. The van der Waals surface area contributed by atoms with Crippen LogP contribution in [-0.2, 0) is 4.79 Å². The molecule has 0 heterocycles. The summed E-state index contributed by atoms with van der Waals surface area (Å²) in [6.45, 7) is 4.21. The summed E-state index contributed by atoms with van der Waals surface area (Å²) in [5.41, 5.74) is 0.171. The lowest BCUT2D eigenvalue weighted by Gasteiger charge is -2.15. The van der Waals surface area contributed by atoms with Crippen LogP contribution in [0.15, 0.2) is 24.3 Å². The summed E-state index contributed by atoms with van der Waals surface area (Å²) in [6.07, 6.45) is 3.89. The van der Waals surface area contributed by atoms with Gasteiger partial charge >= 0.3 is 5.97 Å². The van der Waals surface area contributed by atoms with Gasteiger partial charge in [-0.15, -0.1) is 0 Å². The Morgan fingerprint density at radius 3 is 2.86 bits per heavy atom. The molecule has 0 aliphatic heterocycles.